The molecule has 3 rings (SSSR count). The number of hydrogen-bond acceptors (Lipinski definition) is 5. The zero-order chi connectivity index (χ0) is 14.2. The summed E-state index contributed by atoms with van der Waals surface area (Å²) < 4.78 is 1.74. The van der Waals surface area contributed by atoms with Crippen LogP contribution in [0.1, 0.15) is 13.8 Å². The quantitative estimate of drug-likeness (QED) is 0.711. The molecule has 0 saturated heterocycles. The predicted molar refractivity (Wildman–Crippen MR) is 76.6 cm³/mol. The van der Waals surface area contributed by atoms with E-state index in [0.717, 1.165) is 11.1 Å². The van der Waals surface area contributed by atoms with Gasteiger partial charge in [-0.05, 0) is 26.0 Å². The van der Waals surface area contributed by atoms with E-state index in [4.69, 9.17) is 0 Å². The van der Waals surface area contributed by atoms with Crippen molar-refractivity contribution in [2.45, 2.75) is 19.6 Å². The molecule has 2 heterocycles. The third-order valence-electron chi connectivity index (χ3n) is 2.79. The van der Waals surface area contributed by atoms with Crippen molar-refractivity contribution in [3.05, 3.63) is 42.9 Å². The van der Waals surface area contributed by atoms with Crippen molar-refractivity contribution in [3.8, 4) is 5.69 Å². The van der Waals surface area contributed by atoms with Crippen LogP contribution < -0.4 is 5.32 Å². The van der Waals surface area contributed by atoms with Crippen LogP contribution in [-0.2, 0) is 0 Å². The number of fused-ring (bicyclic) bond motifs is 1. The monoisotopic (exact) mass is 269 g/mol. The van der Waals surface area contributed by atoms with Crippen LogP contribution in [0.5, 0.6) is 0 Å². The minimum absolute atomic E-state index is 0.560. The summed E-state index contributed by atoms with van der Waals surface area (Å²) in [5, 5.41) is 17.9. The molecule has 6 nitrogen and oxygen atoms in total. The first-order valence-corrected chi connectivity index (χ1v) is 6.29. The highest BCUT2D eigenvalue weighted by Crippen LogP contribution is 2.23. The highest BCUT2D eigenvalue weighted by atomic mass is 16.3. The number of anilines is 1. The fourth-order valence-electron chi connectivity index (χ4n) is 1.99. The number of nitrogens with one attached hydrogen (secondary N) is 1. The van der Waals surface area contributed by atoms with E-state index in [-0.39, 0.29) is 0 Å². The Morgan fingerprint density at radius 3 is 2.60 bits per heavy atom. The Morgan fingerprint density at radius 2 is 1.90 bits per heavy atom. The number of benzene rings is 1. The minimum atomic E-state index is -1.06. The van der Waals surface area contributed by atoms with Crippen LogP contribution in [0.2, 0.25) is 0 Å². The lowest BCUT2D eigenvalue weighted by molar-refractivity contribution is 0.111. The molecule has 0 spiro atoms. The van der Waals surface area contributed by atoms with E-state index in [2.05, 4.69) is 20.4 Å². The van der Waals surface area contributed by atoms with Gasteiger partial charge in [0.1, 0.15) is 17.9 Å². The standard InChI is InChI=1S/C14H15N5O/c1-14(2,20)18-12-11-8-17-19(13(11)16-9-15-12)10-6-4-3-5-7-10/h3-9,20H,1-2H3,(H,15,16,18). The van der Waals surface area contributed by atoms with E-state index in [9.17, 15) is 5.11 Å². The van der Waals surface area contributed by atoms with Gasteiger partial charge in [-0.15, -0.1) is 0 Å². The lowest BCUT2D eigenvalue weighted by Gasteiger charge is -2.19. The van der Waals surface area contributed by atoms with Gasteiger partial charge in [-0.3, -0.25) is 0 Å². The molecular formula is C14H15N5O. The van der Waals surface area contributed by atoms with E-state index < -0.39 is 5.72 Å². The number of hydrogen-bond donors (Lipinski definition) is 2. The highest BCUT2D eigenvalue weighted by Gasteiger charge is 2.17. The molecule has 0 radical (unpaired) electrons. The molecule has 0 unspecified atom stereocenters. The van der Waals surface area contributed by atoms with Gasteiger partial charge < -0.3 is 10.4 Å². The van der Waals surface area contributed by atoms with Gasteiger partial charge in [0.2, 0.25) is 0 Å². The van der Waals surface area contributed by atoms with E-state index in [1.807, 2.05) is 30.3 Å². The zero-order valence-electron chi connectivity index (χ0n) is 11.3. The molecule has 0 bridgehead atoms. The smallest absolute Gasteiger partial charge is 0.168 e. The lowest BCUT2D eigenvalue weighted by atomic mass is 10.3. The summed E-state index contributed by atoms with van der Waals surface area (Å²) in [7, 11) is 0. The molecule has 0 atom stereocenters. The summed E-state index contributed by atoms with van der Waals surface area (Å²) in [5.74, 6) is 0.560. The van der Waals surface area contributed by atoms with Crippen molar-refractivity contribution in [2.24, 2.45) is 0 Å². The van der Waals surface area contributed by atoms with Crippen molar-refractivity contribution in [1.82, 2.24) is 19.7 Å². The molecule has 0 fully saturated rings. The maximum Gasteiger partial charge on any atom is 0.168 e. The van der Waals surface area contributed by atoms with Crippen LogP contribution in [-0.4, -0.2) is 30.6 Å². The molecule has 1 aromatic carbocycles. The second-order valence-corrected chi connectivity index (χ2v) is 5.04. The maximum absolute atomic E-state index is 9.86. The fraction of sp³-hybridized carbons (Fsp3) is 0.214. The first-order chi connectivity index (χ1) is 9.54. The lowest BCUT2D eigenvalue weighted by Crippen LogP contribution is -2.30. The maximum atomic E-state index is 9.86. The van der Waals surface area contributed by atoms with Crippen LogP contribution in [0.3, 0.4) is 0 Å². The molecule has 0 aliphatic heterocycles. The first kappa shape index (κ1) is 12.6. The zero-order valence-corrected chi connectivity index (χ0v) is 11.3. The predicted octanol–water partition coefficient (Wildman–Crippen LogP) is 1.96. The molecule has 0 saturated carbocycles. The Hall–Kier alpha value is -2.47. The van der Waals surface area contributed by atoms with E-state index in [1.165, 1.54) is 6.33 Å². The Kier molecular flexibility index (Phi) is 2.87. The summed E-state index contributed by atoms with van der Waals surface area (Å²) in [6.45, 7) is 3.31. The molecule has 0 aliphatic rings. The van der Waals surface area contributed by atoms with Gasteiger partial charge in [0.15, 0.2) is 5.65 Å². The summed E-state index contributed by atoms with van der Waals surface area (Å²) in [4.78, 5) is 8.44. The van der Waals surface area contributed by atoms with Gasteiger partial charge in [-0.25, -0.2) is 14.6 Å². The molecule has 0 amide bonds. The first-order valence-electron chi connectivity index (χ1n) is 6.29. The molecule has 20 heavy (non-hydrogen) atoms. The van der Waals surface area contributed by atoms with Crippen LogP contribution in [0, 0.1) is 0 Å². The molecule has 2 aromatic heterocycles. The van der Waals surface area contributed by atoms with Gasteiger partial charge in [-0.1, -0.05) is 18.2 Å². The Balaban J connectivity index is 2.13. The SMILES string of the molecule is CC(C)(O)Nc1ncnc2c1cnn2-c1ccccc1. The van der Waals surface area contributed by atoms with Gasteiger partial charge in [-0.2, -0.15) is 5.10 Å². The molecule has 3 aromatic rings. The summed E-state index contributed by atoms with van der Waals surface area (Å²) in [6.07, 6.45) is 3.15. The Bertz CT molecular complexity index is 730. The van der Waals surface area contributed by atoms with Crippen LogP contribution in [0.15, 0.2) is 42.9 Å². The van der Waals surface area contributed by atoms with Crippen molar-refractivity contribution in [3.63, 3.8) is 0 Å². The van der Waals surface area contributed by atoms with Gasteiger partial charge in [0.25, 0.3) is 0 Å². The number of aromatic nitrogens is 4. The van der Waals surface area contributed by atoms with Crippen molar-refractivity contribution >= 4 is 16.9 Å². The number of aliphatic hydroxyl groups is 1. The molecule has 2 N–H and O–H groups in total. The summed E-state index contributed by atoms with van der Waals surface area (Å²) in [5.41, 5.74) is 0.559. The van der Waals surface area contributed by atoms with Gasteiger partial charge >= 0.3 is 0 Å². The molecular weight excluding hydrogens is 254 g/mol. The fourth-order valence-corrected chi connectivity index (χ4v) is 1.99. The van der Waals surface area contributed by atoms with Crippen molar-refractivity contribution < 1.29 is 5.11 Å². The van der Waals surface area contributed by atoms with E-state index >= 15 is 0 Å². The summed E-state index contributed by atoms with van der Waals surface area (Å²) in [6, 6.07) is 9.75. The van der Waals surface area contributed by atoms with Crippen molar-refractivity contribution in [2.75, 3.05) is 5.32 Å². The Morgan fingerprint density at radius 1 is 1.15 bits per heavy atom. The normalized spacial score (nSPS) is 11.8. The second-order valence-electron chi connectivity index (χ2n) is 5.04. The van der Waals surface area contributed by atoms with Crippen LogP contribution in [0.25, 0.3) is 16.7 Å². The van der Waals surface area contributed by atoms with Gasteiger partial charge in [0.05, 0.1) is 17.3 Å². The van der Waals surface area contributed by atoms with Crippen LogP contribution in [0.4, 0.5) is 5.82 Å². The second kappa shape index (κ2) is 4.57. The Labute approximate surface area is 116 Å². The molecule has 102 valence electrons. The summed E-state index contributed by atoms with van der Waals surface area (Å²) >= 11 is 0. The topological polar surface area (TPSA) is 75.9 Å². The number of para-hydroxylation sites is 1. The van der Waals surface area contributed by atoms with E-state index in [1.54, 1.807) is 24.7 Å². The average molecular weight is 269 g/mol. The van der Waals surface area contributed by atoms with E-state index in [0.29, 0.717) is 11.5 Å². The van der Waals surface area contributed by atoms with Crippen LogP contribution >= 0.6 is 0 Å². The number of rotatable bonds is 3. The third kappa shape index (κ3) is 2.33. The average Bonchev–Trinajstić information content (AvgIpc) is 2.83. The van der Waals surface area contributed by atoms with Gasteiger partial charge in [0, 0.05) is 0 Å². The minimum Gasteiger partial charge on any atom is -0.372 e. The molecule has 6 heteroatoms. The number of nitrogens with zero attached hydrogens (tertiary/aromatic N) is 4. The highest BCUT2D eigenvalue weighted by molar-refractivity contribution is 5.87. The molecule has 0 aliphatic carbocycles. The third-order valence-corrected chi connectivity index (χ3v) is 2.79. The largest absolute Gasteiger partial charge is 0.372 e. The van der Waals surface area contributed by atoms with Crippen molar-refractivity contribution in [1.29, 1.82) is 0 Å².